The molecular formula is C16H25N5O6S. The lowest BCUT2D eigenvalue weighted by Gasteiger charge is -2.23. The Morgan fingerprint density at radius 3 is 2.86 bits per heavy atom. The predicted molar refractivity (Wildman–Crippen MR) is 102 cm³/mol. The summed E-state index contributed by atoms with van der Waals surface area (Å²) >= 11 is 1.31. The van der Waals surface area contributed by atoms with Gasteiger partial charge >= 0.3 is 0 Å². The fourth-order valence-electron chi connectivity index (χ4n) is 3.05. The zero-order chi connectivity index (χ0) is 20.3. The number of aromatic amines is 1. The van der Waals surface area contributed by atoms with Crippen LogP contribution in [0.25, 0.3) is 11.2 Å². The minimum atomic E-state index is -1.06. The lowest BCUT2D eigenvalue weighted by molar-refractivity contribution is -0.0740. The van der Waals surface area contributed by atoms with E-state index in [1.54, 1.807) is 4.57 Å². The highest BCUT2D eigenvalue weighted by Crippen LogP contribution is 2.37. The summed E-state index contributed by atoms with van der Waals surface area (Å²) in [5, 5.41) is 29.6. The average molecular weight is 415 g/mol. The Morgan fingerprint density at radius 1 is 1.39 bits per heavy atom. The summed E-state index contributed by atoms with van der Waals surface area (Å²) in [5.41, 5.74) is 5.50. The Bertz CT molecular complexity index is 858. The van der Waals surface area contributed by atoms with Crippen molar-refractivity contribution in [3.8, 4) is 0 Å². The summed E-state index contributed by atoms with van der Waals surface area (Å²) in [6, 6.07) is 0. The van der Waals surface area contributed by atoms with Gasteiger partial charge in [0.1, 0.15) is 18.3 Å². The van der Waals surface area contributed by atoms with E-state index in [1.807, 2.05) is 6.92 Å². The molecule has 11 nitrogen and oxygen atoms in total. The number of nitrogens with zero attached hydrogens (tertiary/aromatic N) is 3. The molecule has 28 heavy (non-hydrogen) atoms. The molecule has 1 aliphatic heterocycles. The lowest BCUT2D eigenvalue weighted by atomic mass is 10.1. The molecule has 1 fully saturated rings. The van der Waals surface area contributed by atoms with Crippen LogP contribution < -0.4 is 11.3 Å². The third-order valence-electron chi connectivity index (χ3n) is 4.33. The number of anilines is 1. The second-order valence-electron chi connectivity index (χ2n) is 6.39. The Kier molecular flexibility index (Phi) is 6.91. The molecule has 6 N–H and O–H groups in total. The minimum Gasteiger partial charge on any atom is -0.396 e. The molecule has 0 radical (unpaired) electrons. The van der Waals surface area contributed by atoms with Crippen LogP contribution in [0.4, 0.5) is 5.95 Å². The second kappa shape index (κ2) is 9.20. The van der Waals surface area contributed by atoms with Gasteiger partial charge < -0.3 is 30.5 Å². The van der Waals surface area contributed by atoms with Gasteiger partial charge in [0.2, 0.25) is 5.95 Å². The number of nitrogens with one attached hydrogen (secondary N) is 1. The van der Waals surface area contributed by atoms with Crippen molar-refractivity contribution in [3.63, 3.8) is 0 Å². The molecule has 0 amide bonds. The maximum absolute atomic E-state index is 12.3. The van der Waals surface area contributed by atoms with Crippen LogP contribution in [0.2, 0.25) is 0 Å². The number of rotatable bonds is 9. The van der Waals surface area contributed by atoms with Gasteiger partial charge in [0.05, 0.1) is 6.61 Å². The van der Waals surface area contributed by atoms with Crippen molar-refractivity contribution in [1.29, 1.82) is 0 Å². The number of nitrogens with two attached hydrogens (primary N) is 1. The molecule has 0 unspecified atom stereocenters. The summed E-state index contributed by atoms with van der Waals surface area (Å²) in [4.78, 5) is 23.3. The van der Waals surface area contributed by atoms with Crippen LogP contribution in [0.1, 0.15) is 26.0 Å². The number of aliphatic hydroxyl groups is 3. The number of aromatic nitrogens is 4. The molecule has 0 spiro atoms. The molecule has 3 rings (SSSR count). The minimum absolute atomic E-state index is 0.0203. The van der Waals surface area contributed by atoms with Gasteiger partial charge in [-0.2, -0.15) is 4.98 Å². The standard InChI is InChI=1S/C16H25N5O6S/c1-2-5-26-11-10(24)8(7-23)27-14(11)21-12-9(13(25)20-15(17)19-12)18-16(21)28-6-3-4-22/h8,10-11,14,22-24H,2-7H2,1H3,(H3,17,19,20,25)/t8-,10-,11-,14-/m1/s1. The zero-order valence-corrected chi connectivity index (χ0v) is 16.3. The van der Waals surface area contributed by atoms with Crippen molar-refractivity contribution < 1.29 is 24.8 Å². The molecule has 0 aromatic carbocycles. The molecule has 4 atom stereocenters. The molecule has 12 heteroatoms. The quantitative estimate of drug-likeness (QED) is 0.259. The zero-order valence-electron chi connectivity index (χ0n) is 15.4. The van der Waals surface area contributed by atoms with Gasteiger partial charge in [-0.3, -0.25) is 14.3 Å². The number of fused-ring (bicyclic) bond motifs is 1. The van der Waals surface area contributed by atoms with Crippen LogP contribution >= 0.6 is 11.8 Å². The van der Waals surface area contributed by atoms with E-state index in [-0.39, 0.29) is 30.3 Å². The first kappa shape index (κ1) is 21.0. The topological polar surface area (TPSA) is 169 Å². The van der Waals surface area contributed by atoms with E-state index in [1.165, 1.54) is 11.8 Å². The highest BCUT2D eigenvalue weighted by molar-refractivity contribution is 7.99. The van der Waals surface area contributed by atoms with E-state index in [2.05, 4.69) is 15.0 Å². The van der Waals surface area contributed by atoms with Crippen molar-refractivity contribution in [1.82, 2.24) is 19.5 Å². The van der Waals surface area contributed by atoms with Crippen LogP contribution in [-0.2, 0) is 9.47 Å². The molecule has 2 aromatic heterocycles. The van der Waals surface area contributed by atoms with Crippen molar-refractivity contribution in [2.75, 3.05) is 31.3 Å². The third-order valence-corrected chi connectivity index (χ3v) is 5.37. The first-order valence-corrected chi connectivity index (χ1v) is 10.1. The number of H-pyrrole nitrogens is 1. The largest absolute Gasteiger partial charge is 0.396 e. The summed E-state index contributed by atoms with van der Waals surface area (Å²) in [6.07, 6.45) is -2.29. The number of nitrogen functional groups attached to an aromatic ring is 1. The number of hydrogen-bond donors (Lipinski definition) is 5. The number of ether oxygens (including phenoxy) is 2. The van der Waals surface area contributed by atoms with Crippen molar-refractivity contribution >= 4 is 28.9 Å². The highest BCUT2D eigenvalue weighted by atomic mass is 32.2. The van der Waals surface area contributed by atoms with Crippen molar-refractivity contribution in [3.05, 3.63) is 10.4 Å². The Morgan fingerprint density at radius 2 is 2.18 bits per heavy atom. The molecule has 1 saturated heterocycles. The molecule has 156 valence electrons. The molecule has 0 saturated carbocycles. The third kappa shape index (κ3) is 4.02. The highest BCUT2D eigenvalue weighted by Gasteiger charge is 2.46. The predicted octanol–water partition coefficient (Wildman–Crippen LogP) is -0.778. The first-order chi connectivity index (χ1) is 13.5. The summed E-state index contributed by atoms with van der Waals surface area (Å²) < 4.78 is 13.2. The number of hydrogen-bond acceptors (Lipinski definition) is 10. The van der Waals surface area contributed by atoms with Crippen LogP contribution in [-0.4, -0.2) is 78.7 Å². The van der Waals surface area contributed by atoms with Gasteiger partial charge in [-0.1, -0.05) is 18.7 Å². The monoisotopic (exact) mass is 415 g/mol. The van der Waals surface area contributed by atoms with E-state index >= 15 is 0 Å². The number of imidazole rings is 1. The van der Waals surface area contributed by atoms with E-state index < -0.39 is 30.1 Å². The van der Waals surface area contributed by atoms with Crippen molar-refractivity contribution in [2.45, 2.75) is 49.5 Å². The molecular weight excluding hydrogens is 390 g/mol. The Hall–Kier alpha value is -1.70. The lowest BCUT2D eigenvalue weighted by Crippen LogP contribution is -2.36. The van der Waals surface area contributed by atoms with Gasteiger partial charge in [0.15, 0.2) is 22.5 Å². The van der Waals surface area contributed by atoms with E-state index in [4.69, 9.17) is 20.3 Å². The van der Waals surface area contributed by atoms with Crippen LogP contribution in [0.3, 0.4) is 0 Å². The van der Waals surface area contributed by atoms with Crippen LogP contribution in [0, 0.1) is 0 Å². The normalized spacial score (nSPS) is 25.0. The Labute approximate surface area is 164 Å². The van der Waals surface area contributed by atoms with Crippen molar-refractivity contribution in [2.24, 2.45) is 0 Å². The summed E-state index contributed by atoms with van der Waals surface area (Å²) in [5.74, 6) is 0.473. The number of aliphatic hydroxyl groups excluding tert-OH is 3. The molecule has 3 heterocycles. The smallest absolute Gasteiger partial charge is 0.280 e. The maximum Gasteiger partial charge on any atom is 0.280 e. The van der Waals surface area contributed by atoms with Gasteiger partial charge in [-0.25, -0.2) is 4.98 Å². The van der Waals surface area contributed by atoms with E-state index in [0.717, 1.165) is 6.42 Å². The Balaban J connectivity index is 2.09. The average Bonchev–Trinajstić information content (AvgIpc) is 3.17. The SMILES string of the molecule is CCCO[C@@H]1[C@H](O)[C@@H](CO)O[C@H]1n1c(SCCCO)nc2c(=O)[nH]c(N)nc21. The number of thioether (sulfide) groups is 1. The van der Waals surface area contributed by atoms with Gasteiger partial charge in [-0.05, 0) is 12.8 Å². The molecule has 0 aliphatic carbocycles. The first-order valence-electron chi connectivity index (χ1n) is 9.09. The molecule has 0 bridgehead atoms. The van der Waals surface area contributed by atoms with Crippen LogP contribution in [0.15, 0.2) is 9.95 Å². The van der Waals surface area contributed by atoms with E-state index in [0.29, 0.717) is 23.9 Å². The van der Waals surface area contributed by atoms with Crippen LogP contribution in [0.5, 0.6) is 0 Å². The summed E-state index contributed by atoms with van der Waals surface area (Å²) in [6.45, 7) is 1.95. The molecule has 1 aliphatic rings. The van der Waals surface area contributed by atoms with E-state index in [9.17, 15) is 15.0 Å². The fourth-order valence-corrected chi connectivity index (χ4v) is 3.99. The fraction of sp³-hybridized carbons (Fsp3) is 0.688. The second-order valence-corrected chi connectivity index (χ2v) is 7.45. The van der Waals surface area contributed by atoms with Gasteiger partial charge in [0.25, 0.3) is 5.56 Å². The molecule has 2 aromatic rings. The van der Waals surface area contributed by atoms with Gasteiger partial charge in [-0.15, -0.1) is 0 Å². The maximum atomic E-state index is 12.3. The van der Waals surface area contributed by atoms with Gasteiger partial charge in [0, 0.05) is 19.0 Å². The summed E-state index contributed by atoms with van der Waals surface area (Å²) in [7, 11) is 0.